The molecule has 0 atom stereocenters. The Bertz CT molecular complexity index is 915. The third-order valence-corrected chi connectivity index (χ3v) is 3.62. The van der Waals surface area contributed by atoms with Gasteiger partial charge in [0.1, 0.15) is 5.82 Å². The van der Waals surface area contributed by atoms with Gasteiger partial charge in [0.2, 0.25) is 0 Å². The van der Waals surface area contributed by atoms with Crippen molar-refractivity contribution in [1.29, 1.82) is 0 Å². The van der Waals surface area contributed by atoms with Crippen LogP contribution in [0.2, 0.25) is 0 Å². The van der Waals surface area contributed by atoms with Crippen molar-refractivity contribution >= 4 is 17.4 Å². The molecule has 0 spiro atoms. The number of hydrogen-bond donors (Lipinski definition) is 2. The second-order valence-corrected chi connectivity index (χ2v) is 5.45. The highest BCUT2D eigenvalue weighted by Gasteiger charge is 2.14. The SMILES string of the molecule is O=C(NCc1ccccc1)c1ccc(Nc2ccc(F)c(F)c2F)nc1. The van der Waals surface area contributed by atoms with E-state index in [1.54, 1.807) is 0 Å². The second-order valence-electron chi connectivity index (χ2n) is 5.45. The molecule has 0 aliphatic heterocycles. The number of halogens is 3. The molecule has 0 aliphatic carbocycles. The van der Waals surface area contributed by atoms with Crippen LogP contribution in [0, 0.1) is 17.5 Å². The number of aromatic nitrogens is 1. The van der Waals surface area contributed by atoms with Crippen LogP contribution in [0.5, 0.6) is 0 Å². The van der Waals surface area contributed by atoms with E-state index in [1.807, 2.05) is 30.3 Å². The summed E-state index contributed by atoms with van der Waals surface area (Å²) in [5.41, 5.74) is 1.02. The number of pyridine rings is 1. The van der Waals surface area contributed by atoms with Crippen molar-refractivity contribution in [2.24, 2.45) is 0 Å². The van der Waals surface area contributed by atoms with Crippen LogP contribution >= 0.6 is 0 Å². The number of anilines is 2. The van der Waals surface area contributed by atoms with Gasteiger partial charge in [-0.05, 0) is 29.8 Å². The lowest BCUT2D eigenvalue weighted by atomic mass is 10.2. The van der Waals surface area contributed by atoms with Crippen molar-refractivity contribution in [2.45, 2.75) is 6.54 Å². The summed E-state index contributed by atoms with van der Waals surface area (Å²) in [7, 11) is 0. The maximum atomic E-state index is 13.6. The average molecular weight is 357 g/mol. The predicted octanol–water partition coefficient (Wildman–Crippen LogP) is 4.17. The van der Waals surface area contributed by atoms with Crippen LogP contribution in [0.25, 0.3) is 0 Å². The lowest BCUT2D eigenvalue weighted by molar-refractivity contribution is 0.0950. The number of rotatable bonds is 5. The maximum absolute atomic E-state index is 13.6. The van der Waals surface area contributed by atoms with Crippen molar-refractivity contribution in [3.05, 3.63) is 89.4 Å². The molecule has 2 N–H and O–H groups in total. The van der Waals surface area contributed by atoms with Gasteiger partial charge in [-0.3, -0.25) is 4.79 Å². The Labute approximate surface area is 147 Å². The first-order chi connectivity index (χ1) is 12.5. The molecule has 1 aromatic heterocycles. The lowest BCUT2D eigenvalue weighted by Crippen LogP contribution is -2.22. The number of carbonyl (C=O) groups is 1. The van der Waals surface area contributed by atoms with Gasteiger partial charge in [-0.15, -0.1) is 0 Å². The summed E-state index contributed by atoms with van der Waals surface area (Å²) in [6, 6.07) is 14.2. The fourth-order valence-electron chi connectivity index (χ4n) is 2.24. The van der Waals surface area contributed by atoms with Crippen LogP contribution in [0.1, 0.15) is 15.9 Å². The van der Waals surface area contributed by atoms with Gasteiger partial charge in [-0.25, -0.2) is 18.2 Å². The topological polar surface area (TPSA) is 54.0 Å². The lowest BCUT2D eigenvalue weighted by Gasteiger charge is -2.09. The van der Waals surface area contributed by atoms with E-state index in [-0.39, 0.29) is 17.4 Å². The summed E-state index contributed by atoms with van der Waals surface area (Å²) < 4.78 is 39.8. The van der Waals surface area contributed by atoms with Crippen molar-refractivity contribution in [3.8, 4) is 0 Å². The zero-order valence-electron chi connectivity index (χ0n) is 13.5. The number of hydrogen-bond acceptors (Lipinski definition) is 3. The number of nitrogens with one attached hydrogen (secondary N) is 2. The number of carbonyl (C=O) groups excluding carboxylic acids is 1. The molecule has 26 heavy (non-hydrogen) atoms. The minimum Gasteiger partial charge on any atom is -0.348 e. The summed E-state index contributed by atoms with van der Waals surface area (Å²) in [6.45, 7) is 0.375. The molecule has 1 heterocycles. The van der Waals surface area contributed by atoms with Crippen LogP contribution in [-0.4, -0.2) is 10.9 Å². The number of nitrogens with zero attached hydrogens (tertiary/aromatic N) is 1. The Morgan fingerprint density at radius 1 is 0.923 bits per heavy atom. The van der Waals surface area contributed by atoms with Crippen LogP contribution in [0.15, 0.2) is 60.8 Å². The second kappa shape index (κ2) is 7.69. The summed E-state index contributed by atoms with van der Waals surface area (Å²) in [5.74, 6) is -4.30. The fraction of sp³-hybridized carbons (Fsp3) is 0.0526. The summed E-state index contributed by atoms with van der Waals surface area (Å²) in [5, 5.41) is 5.30. The highest BCUT2D eigenvalue weighted by molar-refractivity contribution is 5.94. The molecule has 132 valence electrons. The smallest absolute Gasteiger partial charge is 0.253 e. The molecule has 0 fully saturated rings. The van der Waals surface area contributed by atoms with Gasteiger partial charge < -0.3 is 10.6 Å². The molecule has 0 aliphatic rings. The molecule has 0 unspecified atom stereocenters. The minimum absolute atomic E-state index is 0.189. The van der Waals surface area contributed by atoms with E-state index in [0.29, 0.717) is 12.1 Å². The molecule has 0 saturated heterocycles. The molecule has 3 aromatic rings. The molecule has 0 saturated carbocycles. The van der Waals surface area contributed by atoms with Crippen LogP contribution in [0.3, 0.4) is 0 Å². The van der Waals surface area contributed by atoms with Gasteiger partial charge in [-0.1, -0.05) is 30.3 Å². The van der Waals surface area contributed by atoms with Gasteiger partial charge in [0, 0.05) is 12.7 Å². The molecule has 0 radical (unpaired) electrons. The van der Waals surface area contributed by atoms with E-state index in [1.165, 1.54) is 18.3 Å². The monoisotopic (exact) mass is 357 g/mol. The highest BCUT2D eigenvalue weighted by Crippen LogP contribution is 2.22. The Kier molecular flexibility index (Phi) is 5.17. The van der Waals surface area contributed by atoms with Crippen LogP contribution in [-0.2, 0) is 6.54 Å². The first-order valence-electron chi connectivity index (χ1n) is 7.73. The van der Waals surface area contributed by atoms with Crippen LogP contribution < -0.4 is 10.6 Å². The zero-order chi connectivity index (χ0) is 18.5. The maximum Gasteiger partial charge on any atom is 0.253 e. The molecule has 0 bridgehead atoms. The molecule has 7 heteroatoms. The van der Waals surface area contributed by atoms with Gasteiger partial charge in [-0.2, -0.15) is 0 Å². The fourth-order valence-corrected chi connectivity index (χ4v) is 2.24. The normalized spacial score (nSPS) is 10.4. The first-order valence-corrected chi connectivity index (χ1v) is 7.73. The van der Waals surface area contributed by atoms with E-state index < -0.39 is 17.5 Å². The predicted molar refractivity (Wildman–Crippen MR) is 91.4 cm³/mol. The molecule has 4 nitrogen and oxygen atoms in total. The molecular formula is C19H14F3N3O. The summed E-state index contributed by atoms with van der Waals surface area (Å²) >= 11 is 0. The van der Waals surface area contributed by atoms with Crippen molar-refractivity contribution < 1.29 is 18.0 Å². The van der Waals surface area contributed by atoms with E-state index >= 15 is 0 Å². The van der Waals surface area contributed by atoms with E-state index in [2.05, 4.69) is 15.6 Å². The van der Waals surface area contributed by atoms with Gasteiger partial charge in [0.25, 0.3) is 5.91 Å². The van der Waals surface area contributed by atoms with Gasteiger partial charge >= 0.3 is 0 Å². The highest BCUT2D eigenvalue weighted by atomic mass is 19.2. The van der Waals surface area contributed by atoms with Crippen molar-refractivity contribution in [3.63, 3.8) is 0 Å². The molecule has 3 rings (SSSR count). The number of amides is 1. The minimum atomic E-state index is -1.56. The van der Waals surface area contributed by atoms with Crippen LogP contribution in [0.4, 0.5) is 24.7 Å². The molecule has 1 amide bonds. The van der Waals surface area contributed by atoms with E-state index in [4.69, 9.17) is 0 Å². The molecular weight excluding hydrogens is 343 g/mol. The van der Waals surface area contributed by atoms with Gasteiger partial charge in [0.05, 0.1) is 11.3 Å². The Hall–Kier alpha value is -3.35. The van der Waals surface area contributed by atoms with Gasteiger partial charge in [0.15, 0.2) is 17.5 Å². The standard InChI is InChI=1S/C19H14F3N3O/c20-14-7-8-15(18(22)17(14)21)25-16-9-6-13(11-23-16)19(26)24-10-12-4-2-1-3-5-12/h1-9,11H,10H2,(H,23,25)(H,24,26). The van der Waals surface area contributed by atoms with Crippen molar-refractivity contribution in [2.75, 3.05) is 5.32 Å². The Morgan fingerprint density at radius 3 is 2.38 bits per heavy atom. The number of benzene rings is 2. The Balaban J connectivity index is 1.65. The average Bonchev–Trinajstić information content (AvgIpc) is 2.68. The Morgan fingerprint density at radius 2 is 1.69 bits per heavy atom. The molecule has 2 aromatic carbocycles. The van der Waals surface area contributed by atoms with E-state index in [0.717, 1.165) is 17.7 Å². The third-order valence-electron chi connectivity index (χ3n) is 3.62. The first kappa shape index (κ1) is 17.5. The quantitative estimate of drug-likeness (QED) is 0.674. The van der Waals surface area contributed by atoms with Crippen molar-refractivity contribution in [1.82, 2.24) is 10.3 Å². The largest absolute Gasteiger partial charge is 0.348 e. The van der Waals surface area contributed by atoms with E-state index in [9.17, 15) is 18.0 Å². The third kappa shape index (κ3) is 4.00. The summed E-state index contributed by atoms with van der Waals surface area (Å²) in [4.78, 5) is 16.1. The summed E-state index contributed by atoms with van der Waals surface area (Å²) in [6.07, 6.45) is 1.31. The zero-order valence-corrected chi connectivity index (χ0v) is 13.5.